The molecule has 5 heteroatoms. The van der Waals surface area contributed by atoms with Crippen LogP contribution in [0.3, 0.4) is 0 Å². The Morgan fingerprint density at radius 2 is 2.18 bits per heavy atom. The number of aromatic nitrogens is 1. The highest BCUT2D eigenvalue weighted by atomic mass is 16.2. The zero-order valence-electron chi connectivity index (χ0n) is 13.0. The summed E-state index contributed by atoms with van der Waals surface area (Å²) in [6, 6.07) is 4.30. The fourth-order valence-corrected chi connectivity index (χ4v) is 3.53. The number of nitriles is 1. The van der Waals surface area contributed by atoms with Crippen LogP contribution in [0, 0.1) is 24.2 Å². The van der Waals surface area contributed by atoms with Crippen LogP contribution in [0.25, 0.3) is 0 Å². The quantitative estimate of drug-likeness (QED) is 0.930. The van der Waals surface area contributed by atoms with Crippen LogP contribution in [0.4, 0.5) is 5.82 Å². The van der Waals surface area contributed by atoms with Crippen LogP contribution < -0.4 is 5.32 Å². The molecule has 116 valence electrons. The average Bonchev–Trinajstić information content (AvgIpc) is 3.18. The molecule has 1 saturated carbocycles. The molecule has 1 aliphatic heterocycles. The summed E-state index contributed by atoms with van der Waals surface area (Å²) in [5.41, 5.74) is 1.54. The standard InChI is InChI=1S/C17H22N4O/c1-12-6-7-19-16(15(12)11-18)20-14-5-4-13(10-14)17(22)21-8-2-3-9-21/h6-7,13-14H,2-5,8-10H2,1H3,(H,19,20)/t13-,14+/m1/s1. The van der Waals surface area contributed by atoms with Crippen LogP contribution in [0.2, 0.25) is 0 Å². The third-order valence-corrected chi connectivity index (χ3v) is 4.81. The van der Waals surface area contributed by atoms with Gasteiger partial charge in [-0.25, -0.2) is 4.98 Å². The SMILES string of the molecule is Cc1ccnc(N[C@H]2CC[C@@H](C(=O)N3CCCC3)C2)c1C#N. The summed E-state index contributed by atoms with van der Waals surface area (Å²) in [5.74, 6) is 1.10. The molecular formula is C17H22N4O. The fourth-order valence-electron chi connectivity index (χ4n) is 3.53. The highest BCUT2D eigenvalue weighted by Crippen LogP contribution is 2.31. The molecule has 0 unspecified atom stereocenters. The lowest BCUT2D eigenvalue weighted by molar-refractivity contribution is -0.134. The maximum atomic E-state index is 12.5. The molecule has 0 spiro atoms. The molecule has 1 N–H and O–H groups in total. The van der Waals surface area contributed by atoms with Crippen molar-refractivity contribution >= 4 is 11.7 Å². The van der Waals surface area contributed by atoms with E-state index in [-0.39, 0.29) is 12.0 Å². The molecule has 1 aliphatic carbocycles. The Morgan fingerprint density at radius 3 is 2.91 bits per heavy atom. The summed E-state index contributed by atoms with van der Waals surface area (Å²) in [7, 11) is 0. The van der Waals surface area contributed by atoms with Gasteiger partial charge in [-0.3, -0.25) is 4.79 Å². The molecule has 2 heterocycles. The summed E-state index contributed by atoms with van der Waals surface area (Å²) >= 11 is 0. The molecule has 2 atom stereocenters. The van der Waals surface area contributed by atoms with E-state index in [4.69, 9.17) is 0 Å². The first-order chi connectivity index (χ1) is 10.7. The number of rotatable bonds is 3. The van der Waals surface area contributed by atoms with Gasteiger partial charge in [-0.15, -0.1) is 0 Å². The van der Waals surface area contributed by atoms with Gasteiger partial charge in [0.1, 0.15) is 11.9 Å². The maximum absolute atomic E-state index is 12.5. The lowest BCUT2D eigenvalue weighted by Gasteiger charge is -2.20. The number of pyridine rings is 1. The first kappa shape index (κ1) is 14.8. The predicted molar refractivity (Wildman–Crippen MR) is 84.3 cm³/mol. The van der Waals surface area contributed by atoms with Gasteiger partial charge in [-0.1, -0.05) is 0 Å². The topological polar surface area (TPSA) is 69.0 Å². The van der Waals surface area contributed by atoms with E-state index in [1.54, 1.807) is 6.20 Å². The number of nitrogens with zero attached hydrogens (tertiary/aromatic N) is 3. The van der Waals surface area contributed by atoms with Gasteiger partial charge in [-0.05, 0) is 50.7 Å². The summed E-state index contributed by atoms with van der Waals surface area (Å²) in [6.07, 6.45) is 6.74. The van der Waals surface area contributed by atoms with E-state index < -0.39 is 0 Å². The van der Waals surface area contributed by atoms with Crippen molar-refractivity contribution in [2.75, 3.05) is 18.4 Å². The number of nitrogens with one attached hydrogen (secondary N) is 1. The zero-order chi connectivity index (χ0) is 15.5. The van der Waals surface area contributed by atoms with Crippen molar-refractivity contribution in [1.29, 1.82) is 5.26 Å². The minimum Gasteiger partial charge on any atom is -0.366 e. The summed E-state index contributed by atoms with van der Waals surface area (Å²) in [6.45, 7) is 3.76. The summed E-state index contributed by atoms with van der Waals surface area (Å²) in [5, 5.41) is 12.6. The Bertz CT molecular complexity index is 601. The second-order valence-electron chi connectivity index (χ2n) is 6.35. The Labute approximate surface area is 131 Å². The van der Waals surface area contributed by atoms with Gasteiger partial charge >= 0.3 is 0 Å². The number of carbonyl (C=O) groups excluding carboxylic acids is 1. The van der Waals surface area contributed by atoms with Crippen molar-refractivity contribution in [3.8, 4) is 6.07 Å². The average molecular weight is 298 g/mol. The number of likely N-dealkylation sites (tertiary alicyclic amines) is 1. The van der Waals surface area contributed by atoms with Gasteiger partial charge < -0.3 is 10.2 Å². The molecule has 1 amide bonds. The minimum absolute atomic E-state index is 0.131. The predicted octanol–water partition coefficient (Wildman–Crippen LogP) is 2.46. The molecule has 5 nitrogen and oxygen atoms in total. The van der Waals surface area contributed by atoms with Gasteiger partial charge in [0.05, 0.1) is 5.56 Å². The Morgan fingerprint density at radius 1 is 1.41 bits per heavy atom. The highest BCUT2D eigenvalue weighted by molar-refractivity contribution is 5.79. The monoisotopic (exact) mass is 298 g/mol. The first-order valence-corrected chi connectivity index (χ1v) is 8.10. The molecule has 1 aromatic rings. The van der Waals surface area contributed by atoms with E-state index in [9.17, 15) is 10.1 Å². The molecule has 2 fully saturated rings. The van der Waals surface area contributed by atoms with Crippen LogP contribution in [-0.2, 0) is 4.79 Å². The Hall–Kier alpha value is -2.09. The largest absolute Gasteiger partial charge is 0.366 e. The number of hydrogen-bond donors (Lipinski definition) is 1. The van der Waals surface area contributed by atoms with Crippen molar-refractivity contribution in [2.24, 2.45) is 5.92 Å². The lowest BCUT2D eigenvalue weighted by atomic mass is 10.1. The molecule has 1 saturated heterocycles. The van der Waals surface area contributed by atoms with Crippen molar-refractivity contribution in [3.05, 3.63) is 23.4 Å². The zero-order valence-corrected chi connectivity index (χ0v) is 13.0. The van der Waals surface area contributed by atoms with Crippen molar-refractivity contribution in [2.45, 2.75) is 45.1 Å². The number of anilines is 1. The summed E-state index contributed by atoms with van der Waals surface area (Å²) in [4.78, 5) is 18.8. The van der Waals surface area contributed by atoms with Gasteiger partial charge in [0.25, 0.3) is 0 Å². The van der Waals surface area contributed by atoms with E-state index in [2.05, 4.69) is 16.4 Å². The third-order valence-electron chi connectivity index (χ3n) is 4.81. The maximum Gasteiger partial charge on any atom is 0.225 e. The van der Waals surface area contributed by atoms with E-state index >= 15 is 0 Å². The van der Waals surface area contributed by atoms with E-state index in [0.29, 0.717) is 17.3 Å². The van der Waals surface area contributed by atoms with Crippen LogP contribution in [0.1, 0.15) is 43.2 Å². The Balaban J connectivity index is 1.63. The first-order valence-electron chi connectivity index (χ1n) is 8.10. The Kier molecular flexibility index (Phi) is 4.28. The summed E-state index contributed by atoms with van der Waals surface area (Å²) < 4.78 is 0. The van der Waals surface area contributed by atoms with E-state index in [0.717, 1.165) is 50.8 Å². The van der Waals surface area contributed by atoms with Crippen molar-refractivity contribution in [1.82, 2.24) is 9.88 Å². The number of hydrogen-bond acceptors (Lipinski definition) is 4. The lowest BCUT2D eigenvalue weighted by Crippen LogP contribution is -2.33. The van der Waals surface area contributed by atoms with Gasteiger partial charge in [0.2, 0.25) is 5.91 Å². The molecule has 3 rings (SSSR count). The minimum atomic E-state index is 0.131. The normalized spacial score (nSPS) is 24.3. The van der Waals surface area contributed by atoms with Crippen LogP contribution in [-0.4, -0.2) is 34.9 Å². The van der Waals surface area contributed by atoms with E-state index in [1.807, 2.05) is 17.9 Å². The van der Waals surface area contributed by atoms with Crippen molar-refractivity contribution in [3.63, 3.8) is 0 Å². The number of aryl methyl sites for hydroxylation is 1. The number of amides is 1. The van der Waals surface area contributed by atoms with E-state index in [1.165, 1.54) is 0 Å². The molecule has 0 aromatic carbocycles. The third kappa shape index (κ3) is 2.92. The molecule has 1 aromatic heterocycles. The van der Waals surface area contributed by atoms with Gasteiger partial charge in [0, 0.05) is 31.2 Å². The molecule has 0 radical (unpaired) electrons. The molecule has 0 bridgehead atoms. The van der Waals surface area contributed by atoms with Crippen LogP contribution in [0.5, 0.6) is 0 Å². The van der Waals surface area contributed by atoms with Crippen LogP contribution in [0.15, 0.2) is 12.3 Å². The van der Waals surface area contributed by atoms with Crippen molar-refractivity contribution < 1.29 is 4.79 Å². The van der Waals surface area contributed by atoms with Crippen LogP contribution >= 0.6 is 0 Å². The molecule has 22 heavy (non-hydrogen) atoms. The van der Waals surface area contributed by atoms with Gasteiger partial charge in [-0.2, -0.15) is 5.26 Å². The van der Waals surface area contributed by atoms with Gasteiger partial charge in [0.15, 0.2) is 0 Å². The smallest absolute Gasteiger partial charge is 0.225 e. The highest BCUT2D eigenvalue weighted by Gasteiger charge is 2.33. The second-order valence-corrected chi connectivity index (χ2v) is 6.35. The molecular weight excluding hydrogens is 276 g/mol. The molecule has 2 aliphatic rings. The fraction of sp³-hybridized carbons (Fsp3) is 0.588. The number of carbonyl (C=O) groups is 1. The second kappa shape index (κ2) is 6.35.